The topological polar surface area (TPSA) is 70.8 Å². The third-order valence-corrected chi connectivity index (χ3v) is 2.49. The molecule has 0 radical (unpaired) electrons. The Bertz CT molecular complexity index is 393. The van der Waals surface area contributed by atoms with Crippen LogP contribution in [0.4, 0.5) is 5.69 Å². The largest absolute Gasteiger partial charge is 0.460 e. The minimum Gasteiger partial charge on any atom is -0.460 e. The number of carbonyl (C=O) groups is 1. The van der Waals surface area contributed by atoms with Crippen molar-refractivity contribution in [1.29, 1.82) is 0 Å². The van der Waals surface area contributed by atoms with Gasteiger partial charge in [-0.15, -0.1) is 0 Å². The molecule has 1 aromatic rings. The molecule has 100 valence electrons. The number of benzene rings is 1. The van der Waals surface area contributed by atoms with Gasteiger partial charge in [0.2, 0.25) is 0 Å². The maximum Gasteiger partial charge on any atom is 0.338 e. The van der Waals surface area contributed by atoms with Crippen LogP contribution in [-0.2, 0) is 14.2 Å². The summed E-state index contributed by atoms with van der Waals surface area (Å²) >= 11 is 0. The molecule has 1 rings (SSSR count). The highest BCUT2D eigenvalue weighted by molar-refractivity contribution is 5.92. The lowest BCUT2D eigenvalue weighted by molar-refractivity contribution is 0.0213. The second kappa shape index (κ2) is 7.68. The van der Waals surface area contributed by atoms with Crippen LogP contribution in [0.5, 0.6) is 0 Å². The number of rotatable bonds is 7. The molecule has 0 fully saturated rings. The molecule has 0 saturated heterocycles. The maximum atomic E-state index is 11.7. The molecular weight excluding hydrogens is 234 g/mol. The number of nitrogen functional groups attached to an aromatic ring is 1. The predicted molar refractivity (Wildman–Crippen MR) is 68.6 cm³/mol. The highest BCUT2D eigenvalue weighted by atomic mass is 16.6. The van der Waals surface area contributed by atoms with Crippen molar-refractivity contribution >= 4 is 11.7 Å². The summed E-state index contributed by atoms with van der Waals surface area (Å²) < 4.78 is 15.1. The molecular formula is C13H19NO4. The highest BCUT2D eigenvalue weighted by Crippen LogP contribution is 2.16. The van der Waals surface area contributed by atoms with Crippen LogP contribution >= 0.6 is 0 Å². The number of hydrogen-bond acceptors (Lipinski definition) is 5. The summed E-state index contributed by atoms with van der Waals surface area (Å²) in [6.07, 6.45) is 0. The summed E-state index contributed by atoms with van der Waals surface area (Å²) in [7, 11) is 1.60. The first kappa shape index (κ1) is 14.5. The number of hydrogen-bond donors (Lipinski definition) is 1. The van der Waals surface area contributed by atoms with Crippen molar-refractivity contribution in [3.8, 4) is 0 Å². The number of esters is 1. The van der Waals surface area contributed by atoms with Gasteiger partial charge in [0.15, 0.2) is 0 Å². The van der Waals surface area contributed by atoms with Crippen molar-refractivity contribution < 1.29 is 19.0 Å². The van der Waals surface area contributed by atoms with E-state index in [1.165, 1.54) is 0 Å². The van der Waals surface area contributed by atoms with Gasteiger partial charge in [-0.3, -0.25) is 0 Å². The van der Waals surface area contributed by atoms with Gasteiger partial charge in [0.1, 0.15) is 6.61 Å². The summed E-state index contributed by atoms with van der Waals surface area (Å²) in [5.41, 5.74) is 7.54. The highest BCUT2D eigenvalue weighted by Gasteiger charge is 2.11. The van der Waals surface area contributed by atoms with E-state index in [1.54, 1.807) is 32.2 Å². The van der Waals surface area contributed by atoms with Gasteiger partial charge in [-0.25, -0.2) is 4.79 Å². The summed E-state index contributed by atoms with van der Waals surface area (Å²) in [5, 5.41) is 0. The lowest BCUT2D eigenvalue weighted by Gasteiger charge is -2.09. The van der Waals surface area contributed by atoms with Gasteiger partial charge in [0.05, 0.1) is 25.4 Å². The van der Waals surface area contributed by atoms with Crippen molar-refractivity contribution in [2.45, 2.75) is 6.92 Å². The van der Waals surface area contributed by atoms with E-state index in [4.69, 9.17) is 19.9 Å². The molecule has 0 aliphatic heterocycles. The van der Waals surface area contributed by atoms with Crippen molar-refractivity contribution in [3.63, 3.8) is 0 Å². The molecule has 0 atom stereocenters. The molecule has 5 nitrogen and oxygen atoms in total. The summed E-state index contributed by atoms with van der Waals surface area (Å²) in [4.78, 5) is 11.7. The summed E-state index contributed by atoms with van der Waals surface area (Å²) in [6.45, 7) is 3.39. The number of nitrogens with two attached hydrogens (primary N) is 1. The van der Waals surface area contributed by atoms with Crippen LogP contribution in [0.1, 0.15) is 15.9 Å². The zero-order valence-corrected chi connectivity index (χ0v) is 10.8. The van der Waals surface area contributed by atoms with E-state index < -0.39 is 0 Å². The van der Waals surface area contributed by atoms with E-state index >= 15 is 0 Å². The van der Waals surface area contributed by atoms with Crippen LogP contribution < -0.4 is 5.73 Å². The van der Waals surface area contributed by atoms with E-state index in [0.717, 1.165) is 5.56 Å². The third-order valence-electron chi connectivity index (χ3n) is 2.49. The van der Waals surface area contributed by atoms with Gasteiger partial charge in [-0.2, -0.15) is 0 Å². The van der Waals surface area contributed by atoms with Gasteiger partial charge in [-0.1, -0.05) is 6.07 Å². The Balaban J connectivity index is 2.35. The molecule has 0 aromatic heterocycles. The molecule has 1 aromatic carbocycles. The van der Waals surface area contributed by atoms with Crippen molar-refractivity contribution in [2.24, 2.45) is 0 Å². The van der Waals surface area contributed by atoms with Crippen molar-refractivity contribution in [1.82, 2.24) is 0 Å². The molecule has 0 spiro atoms. The van der Waals surface area contributed by atoms with Crippen LogP contribution in [0.15, 0.2) is 18.2 Å². The van der Waals surface area contributed by atoms with E-state index in [2.05, 4.69) is 0 Å². The maximum absolute atomic E-state index is 11.7. The fourth-order valence-electron chi connectivity index (χ4n) is 1.39. The third kappa shape index (κ3) is 4.35. The Labute approximate surface area is 107 Å². The smallest absolute Gasteiger partial charge is 0.338 e. The minimum absolute atomic E-state index is 0.219. The number of anilines is 1. The fraction of sp³-hybridized carbons (Fsp3) is 0.462. The van der Waals surface area contributed by atoms with E-state index in [0.29, 0.717) is 31.1 Å². The lowest BCUT2D eigenvalue weighted by Crippen LogP contribution is -2.13. The monoisotopic (exact) mass is 253 g/mol. The first-order valence-corrected chi connectivity index (χ1v) is 5.75. The average Bonchev–Trinajstić information content (AvgIpc) is 2.36. The molecule has 0 aliphatic rings. The Kier molecular flexibility index (Phi) is 6.18. The molecule has 0 bridgehead atoms. The molecule has 0 saturated carbocycles. The average molecular weight is 253 g/mol. The first-order chi connectivity index (χ1) is 8.66. The van der Waals surface area contributed by atoms with E-state index in [9.17, 15) is 4.79 Å². The second-order valence-electron chi connectivity index (χ2n) is 3.76. The standard InChI is InChI=1S/C13H19NO4/c1-10-11(4-3-5-12(10)14)13(15)18-9-8-17-7-6-16-2/h3-5H,6-9,14H2,1-2H3. The van der Waals surface area contributed by atoms with Crippen LogP contribution in [0.3, 0.4) is 0 Å². The zero-order valence-electron chi connectivity index (χ0n) is 10.8. The van der Waals surface area contributed by atoms with Crippen LogP contribution in [0, 0.1) is 6.92 Å². The Morgan fingerprint density at radius 1 is 1.22 bits per heavy atom. The molecule has 5 heteroatoms. The Morgan fingerprint density at radius 3 is 2.67 bits per heavy atom. The lowest BCUT2D eigenvalue weighted by atomic mass is 10.1. The van der Waals surface area contributed by atoms with Gasteiger partial charge in [0, 0.05) is 12.8 Å². The van der Waals surface area contributed by atoms with Gasteiger partial charge in [0.25, 0.3) is 0 Å². The first-order valence-electron chi connectivity index (χ1n) is 5.75. The van der Waals surface area contributed by atoms with Gasteiger partial charge >= 0.3 is 5.97 Å². The normalized spacial score (nSPS) is 10.3. The molecule has 0 unspecified atom stereocenters. The molecule has 0 aliphatic carbocycles. The van der Waals surface area contributed by atoms with Crippen LogP contribution in [0.25, 0.3) is 0 Å². The van der Waals surface area contributed by atoms with Crippen molar-refractivity contribution in [2.75, 3.05) is 39.3 Å². The molecule has 2 N–H and O–H groups in total. The number of carbonyl (C=O) groups excluding carboxylic acids is 1. The summed E-state index contributed by atoms with van der Waals surface area (Å²) in [5.74, 6) is -0.379. The molecule has 0 amide bonds. The number of methoxy groups -OCH3 is 1. The van der Waals surface area contributed by atoms with E-state index in [1.807, 2.05) is 0 Å². The van der Waals surface area contributed by atoms with Gasteiger partial charge < -0.3 is 19.9 Å². The van der Waals surface area contributed by atoms with E-state index in [-0.39, 0.29) is 12.6 Å². The SMILES string of the molecule is COCCOCCOC(=O)c1cccc(N)c1C. The molecule has 18 heavy (non-hydrogen) atoms. The zero-order chi connectivity index (χ0) is 13.4. The summed E-state index contributed by atoms with van der Waals surface area (Å²) in [6, 6.07) is 5.17. The van der Waals surface area contributed by atoms with Crippen LogP contribution in [-0.4, -0.2) is 39.5 Å². The number of ether oxygens (including phenoxy) is 3. The van der Waals surface area contributed by atoms with Crippen molar-refractivity contribution in [3.05, 3.63) is 29.3 Å². The fourth-order valence-corrected chi connectivity index (χ4v) is 1.39. The Morgan fingerprint density at radius 2 is 1.94 bits per heavy atom. The van der Waals surface area contributed by atoms with Gasteiger partial charge in [-0.05, 0) is 24.6 Å². The quantitative estimate of drug-likeness (QED) is 0.452. The molecule has 0 heterocycles. The van der Waals surface area contributed by atoms with Crippen LogP contribution in [0.2, 0.25) is 0 Å². The predicted octanol–water partition coefficient (Wildman–Crippen LogP) is 1.40. The second-order valence-corrected chi connectivity index (χ2v) is 3.76. The Hall–Kier alpha value is -1.59. The minimum atomic E-state index is -0.379.